The van der Waals surface area contributed by atoms with Crippen LogP contribution in [0, 0.1) is 5.92 Å². The van der Waals surface area contributed by atoms with E-state index in [0.29, 0.717) is 0 Å². The third-order valence-corrected chi connectivity index (χ3v) is 1.69. The Hall–Kier alpha value is -0.560. The average molecular weight is 197 g/mol. The van der Waals surface area contributed by atoms with Crippen molar-refractivity contribution in [2.45, 2.75) is 41.0 Å². The highest BCUT2D eigenvalue weighted by molar-refractivity contribution is 5.19. The predicted molar refractivity (Wildman–Crippen MR) is 67.6 cm³/mol. The van der Waals surface area contributed by atoms with Gasteiger partial charge in [-0.15, -0.1) is 0 Å². The molecule has 84 valence electrons. The molecule has 1 N–H and O–H groups in total. The first kappa shape index (κ1) is 15.9. The number of allylic oxidation sites excluding steroid dienone is 2. The summed E-state index contributed by atoms with van der Waals surface area (Å²) in [4.78, 5) is 0. The largest absolute Gasteiger partial charge is 0.316 e. The minimum atomic E-state index is 0.758. The zero-order valence-corrected chi connectivity index (χ0v) is 10.7. The molecule has 0 fully saturated rings. The normalized spacial score (nSPS) is 11.8. The van der Waals surface area contributed by atoms with Gasteiger partial charge in [0.2, 0.25) is 0 Å². The Bertz CT molecular complexity index is 155. The summed E-state index contributed by atoms with van der Waals surface area (Å²) in [5.41, 5.74) is 1.36. The lowest BCUT2D eigenvalue weighted by atomic mass is 10.1. The van der Waals surface area contributed by atoms with E-state index >= 15 is 0 Å². The zero-order valence-electron chi connectivity index (χ0n) is 10.7. The van der Waals surface area contributed by atoms with Crippen molar-refractivity contribution in [2.24, 2.45) is 5.92 Å². The summed E-state index contributed by atoms with van der Waals surface area (Å²) in [6, 6.07) is 0. The van der Waals surface area contributed by atoms with Gasteiger partial charge in [0.1, 0.15) is 0 Å². The molecule has 0 saturated heterocycles. The molecule has 0 spiro atoms. The van der Waals surface area contributed by atoms with E-state index in [9.17, 15) is 0 Å². The fourth-order valence-electron chi connectivity index (χ4n) is 0.953. The van der Waals surface area contributed by atoms with Crippen LogP contribution in [-0.2, 0) is 0 Å². The molecule has 0 aliphatic rings. The van der Waals surface area contributed by atoms with E-state index in [1.807, 2.05) is 20.9 Å². The van der Waals surface area contributed by atoms with Crippen molar-refractivity contribution in [3.05, 3.63) is 23.8 Å². The van der Waals surface area contributed by atoms with Gasteiger partial charge in [0.25, 0.3) is 0 Å². The molecule has 14 heavy (non-hydrogen) atoms. The monoisotopic (exact) mass is 197 g/mol. The number of hydrogen-bond acceptors (Lipinski definition) is 1. The van der Waals surface area contributed by atoms with E-state index < -0.39 is 0 Å². The van der Waals surface area contributed by atoms with Gasteiger partial charge in [0.15, 0.2) is 0 Å². The Morgan fingerprint density at radius 1 is 1.29 bits per heavy atom. The maximum absolute atomic E-state index is 3.14. The van der Waals surface area contributed by atoms with E-state index in [1.54, 1.807) is 0 Å². The van der Waals surface area contributed by atoms with Gasteiger partial charge in [-0.1, -0.05) is 45.9 Å². The van der Waals surface area contributed by atoms with Crippen molar-refractivity contribution in [1.29, 1.82) is 0 Å². The summed E-state index contributed by atoms with van der Waals surface area (Å²) in [6.07, 6.45) is 7.77. The fraction of sp³-hybridized carbons (Fsp3) is 0.692. The minimum absolute atomic E-state index is 0.758. The maximum Gasteiger partial charge on any atom is 0.0199 e. The molecule has 0 radical (unpaired) electrons. The van der Waals surface area contributed by atoms with Crippen molar-refractivity contribution in [3.63, 3.8) is 0 Å². The number of rotatable bonds is 5. The molecule has 0 saturated carbocycles. The molecular weight excluding hydrogens is 170 g/mol. The van der Waals surface area contributed by atoms with Gasteiger partial charge >= 0.3 is 0 Å². The molecule has 0 bridgehead atoms. The highest BCUT2D eigenvalue weighted by Crippen LogP contribution is 2.02. The molecule has 0 heterocycles. The van der Waals surface area contributed by atoms with Crippen molar-refractivity contribution in [1.82, 2.24) is 5.32 Å². The molecule has 0 aromatic heterocycles. The molecule has 0 aromatic rings. The van der Waals surface area contributed by atoms with Crippen LogP contribution in [0.3, 0.4) is 0 Å². The van der Waals surface area contributed by atoms with Crippen molar-refractivity contribution in [2.75, 3.05) is 13.6 Å². The number of likely N-dealkylation sites (N-methyl/N-ethyl adjacent to an activating group) is 1. The first-order chi connectivity index (χ1) is 6.70. The lowest BCUT2D eigenvalue weighted by Crippen LogP contribution is -2.08. The van der Waals surface area contributed by atoms with E-state index in [-0.39, 0.29) is 0 Å². The van der Waals surface area contributed by atoms with Gasteiger partial charge in [-0.3, -0.25) is 0 Å². The topological polar surface area (TPSA) is 12.0 Å². The molecule has 1 nitrogen and oxygen atoms in total. The highest BCUT2D eigenvalue weighted by atomic mass is 14.8. The van der Waals surface area contributed by atoms with Crippen LogP contribution in [0.2, 0.25) is 0 Å². The standard InChI is InChI=1S/C11H21N.C2H6/c1-5-11(9-12-4)8-6-7-10(2)3;1-2/h5-6,8,10,12H,7,9H2,1-4H3;1-2H3/b8-6-,11-5+;. The molecule has 0 aromatic carbocycles. The molecule has 0 unspecified atom stereocenters. The highest BCUT2D eigenvalue weighted by Gasteiger charge is 1.89. The third-order valence-electron chi connectivity index (χ3n) is 1.69. The molecular formula is C13H27N. The van der Waals surface area contributed by atoms with Gasteiger partial charge in [-0.25, -0.2) is 0 Å². The lowest BCUT2D eigenvalue weighted by Gasteiger charge is -2.00. The second-order valence-corrected chi connectivity index (χ2v) is 3.43. The van der Waals surface area contributed by atoms with Gasteiger partial charge in [-0.2, -0.15) is 0 Å². The second-order valence-electron chi connectivity index (χ2n) is 3.43. The van der Waals surface area contributed by atoms with Gasteiger partial charge in [0, 0.05) is 6.54 Å². The minimum Gasteiger partial charge on any atom is -0.316 e. The maximum atomic E-state index is 3.14. The summed E-state index contributed by atoms with van der Waals surface area (Å²) in [5.74, 6) is 0.758. The summed E-state index contributed by atoms with van der Waals surface area (Å²) in [5, 5.41) is 3.14. The SMILES string of the molecule is C/C=C(\C=C/CC(C)C)CNC.CC. The van der Waals surface area contributed by atoms with Crippen LogP contribution >= 0.6 is 0 Å². The van der Waals surface area contributed by atoms with Crippen LogP contribution in [0.15, 0.2) is 23.8 Å². The van der Waals surface area contributed by atoms with Crippen LogP contribution in [0.4, 0.5) is 0 Å². The molecule has 0 aliphatic carbocycles. The summed E-state index contributed by atoms with van der Waals surface area (Å²) in [6.45, 7) is 11.5. The van der Waals surface area contributed by atoms with Crippen LogP contribution < -0.4 is 5.32 Å². The summed E-state index contributed by atoms with van der Waals surface area (Å²) in [7, 11) is 1.97. The summed E-state index contributed by atoms with van der Waals surface area (Å²) >= 11 is 0. The Balaban J connectivity index is 0. The van der Waals surface area contributed by atoms with Crippen LogP contribution in [0.5, 0.6) is 0 Å². The van der Waals surface area contributed by atoms with Gasteiger partial charge < -0.3 is 5.32 Å². The molecule has 1 heteroatoms. The van der Waals surface area contributed by atoms with E-state index in [0.717, 1.165) is 12.5 Å². The van der Waals surface area contributed by atoms with Crippen molar-refractivity contribution < 1.29 is 0 Å². The Labute approximate surface area is 90.3 Å². The Morgan fingerprint density at radius 2 is 1.86 bits per heavy atom. The third kappa shape index (κ3) is 11.4. The lowest BCUT2D eigenvalue weighted by molar-refractivity contribution is 0.663. The molecule has 0 amide bonds. The van der Waals surface area contributed by atoms with Crippen LogP contribution in [0.1, 0.15) is 41.0 Å². The second kappa shape index (κ2) is 12.4. The van der Waals surface area contributed by atoms with Gasteiger partial charge in [-0.05, 0) is 31.9 Å². The smallest absolute Gasteiger partial charge is 0.0199 e. The first-order valence-corrected chi connectivity index (χ1v) is 5.67. The van der Waals surface area contributed by atoms with E-state index in [1.165, 1.54) is 12.0 Å². The summed E-state index contributed by atoms with van der Waals surface area (Å²) < 4.78 is 0. The van der Waals surface area contributed by atoms with Gasteiger partial charge in [0.05, 0.1) is 0 Å². The quantitative estimate of drug-likeness (QED) is 0.661. The van der Waals surface area contributed by atoms with E-state index in [2.05, 4.69) is 44.3 Å². The molecule has 0 atom stereocenters. The average Bonchev–Trinajstić information content (AvgIpc) is 2.19. The number of hydrogen-bond donors (Lipinski definition) is 1. The number of nitrogens with one attached hydrogen (secondary N) is 1. The van der Waals surface area contributed by atoms with E-state index in [4.69, 9.17) is 0 Å². The molecule has 0 aliphatic heterocycles. The fourth-order valence-corrected chi connectivity index (χ4v) is 0.953. The Kier molecular flexibility index (Phi) is 14.1. The van der Waals surface area contributed by atoms with Crippen molar-refractivity contribution in [3.8, 4) is 0 Å². The first-order valence-electron chi connectivity index (χ1n) is 5.67. The molecule has 0 rings (SSSR count). The zero-order chi connectivity index (χ0) is 11.4. The van der Waals surface area contributed by atoms with Crippen LogP contribution in [-0.4, -0.2) is 13.6 Å². The Morgan fingerprint density at radius 3 is 2.21 bits per heavy atom. The predicted octanol–water partition coefficient (Wildman–Crippen LogP) is 3.78. The van der Waals surface area contributed by atoms with Crippen LogP contribution in [0.25, 0.3) is 0 Å². The van der Waals surface area contributed by atoms with Crippen molar-refractivity contribution >= 4 is 0 Å².